The van der Waals surface area contributed by atoms with Crippen molar-refractivity contribution in [3.8, 4) is 5.75 Å². The van der Waals surface area contributed by atoms with E-state index >= 15 is 0 Å². The lowest BCUT2D eigenvalue weighted by atomic mass is 9.84. The van der Waals surface area contributed by atoms with E-state index < -0.39 is 40.2 Å². The average Bonchev–Trinajstić information content (AvgIpc) is 3.28. The lowest BCUT2D eigenvalue weighted by molar-refractivity contribution is 0.0873. The molecule has 4 N–H and O–H groups in total. The maximum atomic E-state index is 13.4. The zero-order chi connectivity index (χ0) is 27.7. The molecule has 1 unspecified atom stereocenters. The Bertz CT molecular complexity index is 1450. The van der Waals surface area contributed by atoms with Crippen molar-refractivity contribution in [2.45, 2.75) is 57.5 Å². The fourth-order valence-corrected chi connectivity index (χ4v) is 4.27. The van der Waals surface area contributed by atoms with Crippen LogP contribution in [0.2, 0.25) is 0 Å². The molecule has 11 heteroatoms. The molecule has 2 amide bonds. The Hall–Kier alpha value is -4.28. The monoisotopic (exact) mass is 522 g/mol. The quantitative estimate of drug-likeness (QED) is 0.367. The molecule has 1 aliphatic rings. The fraction of sp³-hybridized carbons (Fsp3) is 0.370. The van der Waals surface area contributed by atoms with Gasteiger partial charge in [-0.05, 0) is 43.0 Å². The molecule has 2 heterocycles. The van der Waals surface area contributed by atoms with Gasteiger partial charge in [-0.1, -0.05) is 45.1 Å². The van der Waals surface area contributed by atoms with Gasteiger partial charge in [-0.3, -0.25) is 19.1 Å². The Morgan fingerprint density at radius 2 is 1.89 bits per heavy atom. The number of nitrogens with zero attached hydrogens (tertiary/aromatic N) is 3. The summed E-state index contributed by atoms with van der Waals surface area (Å²) in [6.45, 7) is 6.03. The molecule has 0 fully saturated rings. The van der Waals surface area contributed by atoms with Gasteiger partial charge in [0.05, 0.1) is 5.69 Å². The van der Waals surface area contributed by atoms with Gasteiger partial charge >= 0.3 is 0 Å². The van der Waals surface area contributed by atoms with Gasteiger partial charge in [0, 0.05) is 19.0 Å². The Balaban J connectivity index is 1.65. The molecule has 1 aromatic carbocycles. The first-order chi connectivity index (χ1) is 17.9. The zero-order valence-electron chi connectivity index (χ0n) is 21.8. The van der Waals surface area contributed by atoms with E-state index in [1.165, 1.54) is 28.9 Å². The molecule has 2 aromatic heterocycles. The number of hydrogen-bond donors (Lipinski definition) is 4. The Kier molecular flexibility index (Phi) is 7.21. The number of halogens is 1. The number of aromatic hydroxyl groups is 1. The molecule has 1 atom stereocenters. The Morgan fingerprint density at radius 3 is 2.50 bits per heavy atom. The highest BCUT2D eigenvalue weighted by Gasteiger charge is 2.39. The van der Waals surface area contributed by atoms with Crippen molar-refractivity contribution >= 4 is 11.8 Å². The first kappa shape index (κ1) is 26.8. The van der Waals surface area contributed by atoms with Gasteiger partial charge in [-0.2, -0.15) is 5.10 Å². The van der Waals surface area contributed by atoms with Crippen LogP contribution < -0.4 is 16.2 Å². The number of carbonyl (C=O) groups excluding carboxylic acids is 2. The highest BCUT2D eigenvalue weighted by Crippen LogP contribution is 2.33. The Morgan fingerprint density at radius 1 is 1.18 bits per heavy atom. The van der Waals surface area contributed by atoms with Crippen molar-refractivity contribution < 1.29 is 19.1 Å². The second kappa shape index (κ2) is 10.2. The van der Waals surface area contributed by atoms with Gasteiger partial charge in [0.1, 0.15) is 22.9 Å². The summed E-state index contributed by atoms with van der Waals surface area (Å²) in [5.74, 6) is -2.38. The van der Waals surface area contributed by atoms with Crippen molar-refractivity contribution in [3.63, 3.8) is 0 Å². The largest absolute Gasteiger partial charge is 0.501 e. The number of amides is 2. The second-order valence-corrected chi connectivity index (χ2v) is 10.5. The van der Waals surface area contributed by atoms with Crippen molar-refractivity contribution in [2.75, 3.05) is 0 Å². The molecule has 200 valence electrons. The van der Waals surface area contributed by atoms with Gasteiger partial charge in [0.2, 0.25) is 5.75 Å². The number of rotatable bonds is 6. The summed E-state index contributed by atoms with van der Waals surface area (Å²) in [6, 6.07) is 7.27. The third-order valence-electron chi connectivity index (χ3n) is 6.53. The lowest BCUT2D eigenvalue weighted by Gasteiger charge is -2.35. The maximum Gasteiger partial charge on any atom is 0.294 e. The van der Waals surface area contributed by atoms with E-state index in [0.29, 0.717) is 30.5 Å². The number of aryl methyl sites for hydroxylation is 1. The van der Waals surface area contributed by atoms with E-state index in [-0.39, 0.29) is 17.8 Å². The van der Waals surface area contributed by atoms with Crippen LogP contribution in [0.1, 0.15) is 78.1 Å². The smallest absolute Gasteiger partial charge is 0.294 e. The standard InChI is InChI=1S/C27H31FN6O4/c1-26(2,3)19-14-18(34(4)33-19)22(36)32-27(12-6-5-7-13-27)25-30-20(21(35)24(38)31-25)23(37)29-15-16-8-10-17(28)11-9-16/h5-6,8-11,14,35H,7,12-13,15H2,1-4H3,(H,29,37)(H,32,36)(H,30,31,38). The summed E-state index contributed by atoms with van der Waals surface area (Å²) in [5, 5.41) is 20.4. The van der Waals surface area contributed by atoms with Crippen LogP contribution in [0.25, 0.3) is 0 Å². The van der Waals surface area contributed by atoms with Crippen LogP contribution in [0.4, 0.5) is 4.39 Å². The van der Waals surface area contributed by atoms with Crippen LogP contribution in [0.3, 0.4) is 0 Å². The molecule has 10 nitrogen and oxygen atoms in total. The minimum absolute atomic E-state index is 0.0313. The summed E-state index contributed by atoms with van der Waals surface area (Å²) in [7, 11) is 1.68. The minimum atomic E-state index is -1.13. The number of nitrogens with one attached hydrogen (secondary N) is 3. The molecule has 0 spiro atoms. The van der Waals surface area contributed by atoms with E-state index in [0.717, 1.165) is 5.69 Å². The van der Waals surface area contributed by atoms with Gasteiger partial charge in [-0.25, -0.2) is 9.37 Å². The third-order valence-corrected chi connectivity index (χ3v) is 6.53. The van der Waals surface area contributed by atoms with E-state index in [9.17, 15) is 23.9 Å². The first-order valence-electron chi connectivity index (χ1n) is 12.3. The topological polar surface area (TPSA) is 142 Å². The van der Waals surface area contributed by atoms with Crippen LogP contribution in [-0.2, 0) is 24.5 Å². The summed E-state index contributed by atoms with van der Waals surface area (Å²) in [6.07, 6.45) is 5.14. The van der Waals surface area contributed by atoms with Crippen LogP contribution >= 0.6 is 0 Å². The van der Waals surface area contributed by atoms with Crippen LogP contribution in [0.5, 0.6) is 5.75 Å². The molecule has 0 saturated carbocycles. The van der Waals surface area contributed by atoms with Crippen molar-refractivity contribution in [2.24, 2.45) is 7.05 Å². The molecule has 0 bridgehead atoms. The normalized spacial score (nSPS) is 17.3. The second-order valence-electron chi connectivity index (χ2n) is 10.5. The summed E-state index contributed by atoms with van der Waals surface area (Å²) in [4.78, 5) is 45.9. The maximum absolute atomic E-state index is 13.4. The van der Waals surface area contributed by atoms with Gasteiger partial charge in [0.25, 0.3) is 17.4 Å². The van der Waals surface area contributed by atoms with E-state index in [1.807, 2.05) is 32.9 Å². The van der Waals surface area contributed by atoms with Gasteiger partial charge < -0.3 is 20.7 Å². The van der Waals surface area contributed by atoms with Gasteiger partial charge in [0.15, 0.2) is 5.69 Å². The fourth-order valence-electron chi connectivity index (χ4n) is 4.27. The highest BCUT2D eigenvalue weighted by molar-refractivity contribution is 5.95. The zero-order valence-corrected chi connectivity index (χ0v) is 21.8. The molecular weight excluding hydrogens is 491 g/mol. The first-order valence-corrected chi connectivity index (χ1v) is 12.3. The third kappa shape index (κ3) is 5.51. The summed E-state index contributed by atoms with van der Waals surface area (Å²) >= 11 is 0. The van der Waals surface area contributed by atoms with Crippen LogP contribution in [-0.4, -0.2) is 36.7 Å². The predicted octanol–water partition coefficient (Wildman–Crippen LogP) is 2.94. The molecule has 0 aliphatic heterocycles. The highest BCUT2D eigenvalue weighted by atomic mass is 19.1. The van der Waals surface area contributed by atoms with Crippen LogP contribution in [0.15, 0.2) is 47.3 Å². The van der Waals surface area contributed by atoms with Crippen molar-refractivity contribution in [3.05, 3.63) is 87.1 Å². The van der Waals surface area contributed by atoms with Crippen molar-refractivity contribution in [1.29, 1.82) is 0 Å². The van der Waals surface area contributed by atoms with E-state index in [2.05, 4.69) is 25.7 Å². The van der Waals surface area contributed by atoms with Gasteiger partial charge in [-0.15, -0.1) is 0 Å². The molecule has 38 heavy (non-hydrogen) atoms. The van der Waals surface area contributed by atoms with E-state index in [1.54, 1.807) is 13.1 Å². The summed E-state index contributed by atoms with van der Waals surface area (Å²) < 4.78 is 14.7. The molecule has 0 saturated heterocycles. The van der Waals surface area contributed by atoms with Crippen LogP contribution in [0, 0.1) is 5.82 Å². The SMILES string of the molecule is Cn1nc(C(C)(C)C)cc1C(=O)NC1(c2nc(C(=O)NCc3ccc(F)cc3)c(O)c(=O)[nH]2)CC=CCC1. The number of hydrogen-bond acceptors (Lipinski definition) is 6. The Labute approximate surface area is 219 Å². The van der Waals surface area contributed by atoms with E-state index in [4.69, 9.17) is 0 Å². The number of benzene rings is 1. The number of carbonyl (C=O) groups is 2. The molecule has 4 rings (SSSR count). The molecule has 3 aromatic rings. The molecular formula is C27H31FN6O4. The number of aromatic amines is 1. The molecule has 0 radical (unpaired) electrons. The predicted molar refractivity (Wildman–Crippen MR) is 138 cm³/mol. The minimum Gasteiger partial charge on any atom is -0.501 e. The number of allylic oxidation sites excluding steroid dienone is 1. The number of aromatic nitrogens is 4. The lowest BCUT2D eigenvalue weighted by Crippen LogP contribution is -2.49. The average molecular weight is 523 g/mol. The summed E-state index contributed by atoms with van der Waals surface area (Å²) in [5.41, 5.74) is -1.05. The molecule has 1 aliphatic carbocycles. The van der Waals surface area contributed by atoms with Crippen molar-refractivity contribution in [1.82, 2.24) is 30.4 Å². The number of H-pyrrole nitrogens is 1.